The molecular weight excluding hydrogens is 406 g/mol. The summed E-state index contributed by atoms with van der Waals surface area (Å²) in [5.41, 5.74) is 3.92. The standard InChI is InChI=1S/C26H27NO3S/c1-17(2)23-11-12-24(31-23)27-15-14-19-16-21(28)9-10-22(19)26(27,3)20-7-4-18(5-8-20)6-13-25(29)30/h4-13,16-17,28H,14-15H2,1-3H3,(H,29,30)/b13-6+/t26-/m1/s1. The zero-order chi connectivity index (χ0) is 22.2. The molecule has 0 fully saturated rings. The lowest BCUT2D eigenvalue weighted by molar-refractivity contribution is -0.131. The lowest BCUT2D eigenvalue weighted by Crippen LogP contribution is -2.49. The van der Waals surface area contributed by atoms with Crippen molar-refractivity contribution >= 4 is 28.4 Å². The number of hydrogen-bond acceptors (Lipinski definition) is 4. The number of rotatable bonds is 5. The van der Waals surface area contributed by atoms with Crippen LogP contribution >= 0.6 is 11.3 Å². The fourth-order valence-corrected chi connectivity index (χ4v) is 5.52. The van der Waals surface area contributed by atoms with E-state index in [1.165, 1.54) is 15.4 Å². The van der Waals surface area contributed by atoms with Gasteiger partial charge in [-0.2, -0.15) is 0 Å². The Morgan fingerprint density at radius 3 is 2.52 bits per heavy atom. The van der Waals surface area contributed by atoms with Gasteiger partial charge < -0.3 is 15.1 Å². The van der Waals surface area contributed by atoms with Gasteiger partial charge in [0.1, 0.15) is 5.75 Å². The molecule has 0 radical (unpaired) electrons. The number of carboxylic acids is 1. The quantitative estimate of drug-likeness (QED) is 0.485. The Morgan fingerprint density at radius 2 is 1.87 bits per heavy atom. The molecule has 1 aliphatic rings. The number of aromatic hydroxyl groups is 1. The van der Waals surface area contributed by atoms with E-state index in [1.54, 1.807) is 12.1 Å². The molecule has 5 heteroatoms. The zero-order valence-corrected chi connectivity index (χ0v) is 18.8. The number of phenols is 1. The largest absolute Gasteiger partial charge is 0.508 e. The Labute approximate surface area is 187 Å². The highest BCUT2D eigenvalue weighted by Crippen LogP contribution is 2.46. The smallest absolute Gasteiger partial charge is 0.328 e. The van der Waals surface area contributed by atoms with Crippen LogP contribution in [0.4, 0.5) is 5.00 Å². The molecule has 0 unspecified atom stereocenters. The van der Waals surface area contributed by atoms with Crippen LogP contribution in [0.1, 0.15) is 53.8 Å². The molecule has 3 aromatic rings. The van der Waals surface area contributed by atoms with E-state index in [9.17, 15) is 9.90 Å². The highest BCUT2D eigenvalue weighted by molar-refractivity contribution is 7.16. The van der Waals surface area contributed by atoms with E-state index in [1.807, 2.05) is 35.6 Å². The summed E-state index contributed by atoms with van der Waals surface area (Å²) < 4.78 is 0. The molecule has 4 rings (SSSR count). The van der Waals surface area contributed by atoms with Crippen LogP contribution in [-0.4, -0.2) is 22.7 Å². The molecule has 1 aromatic heterocycles. The topological polar surface area (TPSA) is 60.8 Å². The second-order valence-electron chi connectivity index (χ2n) is 8.44. The van der Waals surface area contributed by atoms with Gasteiger partial charge in [0.05, 0.1) is 10.5 Å². The Kier molecular flexibility index (Phi) is 5.63. The van der Waals surface area contributed by atoms with Crippen LogP contribution in [0.5, 0.6) is 5.75 Å². The van der Waals surface area contributed by atoms with E-state index in [0.717, 1.165) is 35.7 Å². The molecule has 160 valence electrons. The molecule has 0 saturated heterocycles. The summed E-state index contributed by atoms with van der Waals surface area (Å²) >= 11 is 1.84. The molecule has 0 saturated carbocycles. The minimum absolute atomic E-state index is 0.293. The Hall–Kier alpha value is -3.05. The second kappa shape index (κ2) is 8.23. The van der Waals surface area contributed by atoms with Gasteiger partial charge in [0.2, 0.25) is 0 Å². The van der Waals surface area contributed by atoms with E-state index >= 15 is 0 Å². The fourth-order valence-electron chi connectivity index (χ4n) is 4.39. The average Bonchev–Trinajstić information content (AvgIpc) is 3.23. The molecule has 1 aliphatic heterocycles. The van der Waals surface area contributed by atoms with Gasteiger partial charge in [0, 0.05) is 17.5 Å². The summed E-state index contributed by atoms with van der Waals surface area (Å²) in [5.74, 6) is -0.178. The van der Waals surface area contributed by atoms with Gasteiger partial charge in [0.25, 0.3) is 0 Å². The zero-order valence-electron chi connectivity index (χ0n) is 18.0. The van der Waals surface area contributed by atoms with Crippen molar-refractivity contribution in [3.05, 3.63) is 87.8 Å². The number of carbonyl (C=O) groups is 1. The van der Waals surface area contributed by atoms with E-state index in [4.69, 9.17) is 5.11 Å². The first-order chi connectivity index (χ1) is 14.8. The number of anilines is 1. The Morgan fingerprint density at radius 1 is 1.13 bits per heavy atom. The molecule has 2 heterocycles. The maximum Gasteiger partial charge on any atom is 0.328 e. The summed E-state index contributed by atoms with van der Waals surface area (Å²) in [5, 5.41) is 20.2. The van der Waals surface area contributed by atoms with Gasteiger partial charge in [-0.1, -0.05) is 44.2 Å². The summed E-state index contributed by atoms with van der Waals surface area (Å²) in [6, 6.07) is 18.2. The first-order valence-corrected chi connectivity index (χ1v) is 11.3. The molecule has 0 bridgehead atoms. The molecule has 4 nitrogen and oxygen atoms in total. The van der Waals surface area contributed by atoms with Gasteiger partial charge in [0.15, 0.2) is 0 Å². The van der Waals surface area contributed by atoms with Gasteiger partial charge in [-0.25, -0.2) is 4.79 Å². The van der Waals surface area contributed by atoms with Crippen molar-refractivity contribution in [2.75, 3.05) is 11.4 Å². The average molecular weight is 434 g/mol. The lowest BCUT2D eigenvalue weighted by Gasteiger charge is -2.47. The third-order valence-corrected chi connectivity index (χ3v) is 7.51. The number of carboxylic acid groups (broad SMARTS) is 1. The highest BCUT2D eigenvalue weighted by atomic mass is 32.1. The summed E-state index contributed by atoms with van der Waals surface area (Å²) in [7, 11) is 0. The third kappa shape index (κ3) is 3.98. The second-order valence-corrected chi connectivity index (χ2v) is 9.53. The van der Waals surface area contributed by atoms with E-state index in [-0.39, 0.29) is 0 Å². The van der Waals surface area contributed by atoms with Crippen LogP contribution < -0.4 is 4.90 Å². The van der Waals surface area contributed by atoms with Crippen molar-refractivity contribution in [3.8, 4) is 5.75 Å². The highest BCUT2D eigenvalue weighted by Gasteiger charge is 2.41. The summed E-state index contributed by atoms with van der Waals surface area (Å²) in [4.78, 5) is 14.7. The molecule has 2 N–H and O–H groups in total. The monoisotopic (exact) mass is 433 g/mol. The van der Waals surface area contributed by atoms with Crippen LogP contribution in [0.3, 0.4) is 0 Å². The van der Waals surface area contributed by atoms with Crippen molar-refractivity contribution in [1.29, 1.82) is 0 Å². The number of fused-ring (bicyclic) bond motifs is 1. The molecule has 31 heavy (non-hydrogen) atoms. The summed E-state index contributed by atoms with van der Waals surface area (Å²) in [6.07, 6.45) is 3.63. The molecule has 2 aromatic carbocycles. The number of nitrogens with zero attached hydrogens (tertiary/aromatic N) is 1. The molecular formula is C26H27NO3S. The van der Waals surface area contributed by atoms with E-state index < -0.39 is 11.5 Å². The first-order valence-electron chi connectivity index (χ1n) is 10.5. The fraction of sp³-hybridized carbons (Fsp3) is 0.269. The van der Waals surface area contributed by atoms with Gasteiger partial charge in [-0.3, -0.25) is 0 Å². The predicted molar refractivity (Wildman–Crippen MR) is 127 cm³/mol. The van der Waals surface area contributed by atoms with Crippen LogP contribution in [0, 0.1) is 0 Å². The lowest BCUT2D eigenvalue weighted by atomic mass is 9.77. The number of aliphatic carboxylic acids is 1. The maximum absolute atomic E-state index is 10.8. The number of benzene rings is 2. The molecule has 0 amide bonds. The van der Waals surface area contributed by atoms with E-state index in [0.29, 0.717) is 11.7 Å². The van der Waals surface area contributed by atoms with Crippen molar-refractivity contribution < 1.29 is 15.0 Å². The van der Waals surface area contributed by atoms with Crippen molar-refractivity contribution in [2.24, 2.45) is 0 Å². The van der Waals surface area contributed by atoms with Crippen molar-refractivity contribution in [3.63, 3.8) is 0 Å². The summed E-state index contributed by atoms with van der Waals surface area (Å²) in [6.45, 7) is 7.52. The van der Waals surface area contributed by atoms with Gasteiger partial charge in [-0.05, 0) is 71.9 Å². The minimum atomic E-state index is -0.957. The van der Waals surface area contributed by atoms with Crippen molar-refractivity contribution in [1.82, 2.24) is 0 Å². The first kappa shape index (κ1) is 21.2. The Balaban J connectivity index is 1.82. The normalized spacial score (nSPS) is 18.5. The molecule has 1 atom stereocenters. The number of hydrogen-bond donors (Lipinski definition) is 2. The number of thiophene rings is 1. The van der Waals surface area contributed by atoms with Gasteiger partial charge >= 0.3 is 5.97 Å². The van der Waals surface area contributed by atoms with Crippen molar-refractivity contribution in [2.45, 2.75) is 38.6 Å². The van der Waals surface area contributed by atoms with Crippen LogP contribution in [0.25, 0.3) is 6.08 Å². The minimum Gasteiger partial charge on any atom is -0.508 e. The Bertz CT molecular complexity index is 1130. The van der Waals surface area contributed by atoms with E-state index in [2.05, 4.69) is 49.9 Å². The third-order valence-electron chi connectivity index (χ3n) is 6.10. The van der Waals surface area contributed by atoms with Crippen LogP contribution in [0.2, 0.25) is 0 Å². The van der Waals surface area contributed by atoms with Crippen LogP contribution in [-0.2, 0) is 16.8 Å². The molecule has 0 spiro atoms. The van der Waals surface area contributed by atoms with Crippen LogP contribution in [0.15, 0.2) is 60.7 Å². The molecule has 0 aliphatic carbocycles. The number of phenolic OH excluding ortho intramolecular Hbond substituents is 1. The van der Waals surface area contributed by atoms with Gasteiger partial charge in [-0.15, -0.1) is 11.3 Å². The predicted octanol–water partition coefficient (Wildman–Crippen LogP) is 6.00. The maximum atomic E-state index is 10.8. The SMILES string of the molecule is CC(C)c1ccc(N2CCc3cc(O)ccc3[C@@]2(C)c2ccc(/C=C/C(=O)O)cc2)s1.